The van der Waals surface area contributed by atoms with E-state index in [4.69, 9.17) is 38.4 Å². The van der Waals surface area contributed by atoms with E-state index in [0.717, 1.165) is 11.1 Å². The van der Waals surface area contributed by atoms with Gasteiger partial charge in [0, 0.05) is 27.6 Å². The van der Waals surface area contributed by atoms with Gasteiger partial charge in [-0.15, -0.1) is 0 Å². The van der Waals surface area contributed by atoms with Gasteiger partial charge in [0.1, 0.15) is 11.5 Å². The van der Waals surface area contributed by atoms with Crippen molar-refractivity contribution in [2.24, 2.45) is 5.73 Å². The van der Waals surface area contributed by atoms with Gasteiger partial charge in [0.2, 0.25) is 0 Å². The molecule has 1 aliphatic heterocycles. The summed E-state index contributed by atoms with van der Waals surface area (Å²) in [4.78, 5) is 11.5. The van der Waals surface area contributed by atoms with Gasteiger partial charge in [0.25, 0.3) is 5.91 Å². The van der Waals surface area contributed by atoms with Crippen molar-refractivity contribution in [1.29, 1.82) is 0 Å². The number of nitrogens with two attached hydrogens (primary N) is 1. The van der Waals surface area contributed by atoms with Gasteiger partial charge in [-0.3, -0.25) is 4.79 Å². The number of halogens is 2. The van der Waals surface area contributed by atoms with E-state index < -0.39 is 12.2 Å². The van der Waals surface area contributed by atoms with Gasteiger partial charge in [-0.2, -0.15) is 0 Å². The second-order valence-corrected chi connectivity index (χ2v) is 5.52. The van der Waals surface area contributed by atoms with E-state index in [-0.39, 0.29) is 0 Å². The second kappa shape index (κ2) is 5.47. The zero-order chi connectivity index (χ0) is 15.0. The van der Waals surface area contributed by atoms with E-state index in [9.17, 15) is 4.79 Å². The van der Waals surface area contributed by atoms with Gasteiger partial charge in [0.05, 0.1) is 0 Å². The maximum Gasteiger partial charge on any atom is 0.321 e. The normalized spacial score (nSPS) is 14.0. The molecule has 1 amide bonds. The molecule has 0 fully saturated rings. The van der Waals surface area contributed by atoms with E-state index in [0.29, 0.717) is 28.0 Å². The fourth-order valence-electron chi connectivity index (χ4n) is 2.18. The molecule has 0 bridgehead atoms. The van der Waals surface area contributed by atoms with Gasteiger partial charge >= 0.3 is 6.29 Å². The highest BCUT2D eigenvalue weighted by atomic mass is 35.5. The lowest BCUT2D eigenvalue weighted by molar-refractivity contribution is -0.137. The lowest BCUT2D eigenvalue weighted by Gasteiger charge is -2.24. The minimum atomic E-state index is -1.20. The Morgan fingerprint density at radius 2 is 1.48 bits per heavy atom. The average Bonchev–Trinajstić information content (AvgIpc) is 2.40. The zero-order valence-corrected chi connectivity index (χ0v) is 12.3. The first kappa shape index (κ1) is 14.0. The molecule has 0 saturated heterocycles. The molecule has 2 aromatic carbocycles. The first-order valence-electron chi connectivity index (χ1n) is 6.22. The first-order valence-corrected chi connectivity index (χ1v) is 6.98. The highest BCUT2D eigenvalue weighted by Gasteiger charge is 2.25. The Morgan fingerprint density at radius 3 is 1.90 bits per heavy atom. The molecule has 4 nitrogen and oxygen atoms in total. The van der Waals surface area contributed by atoms with E-state index in [1.54, 1.807) is 36.4 Å². The number of rotatable bonds is 1. The molecule has 0 atom stereocenters. The van der Waals surface area contributed by atoms with Gasteiger partial charge in [-0.05, 0) is 36.4 Å². The molecule has 6 heteroatoms. The van der Waals surface area contributed by atoms with Crippen molar-refractivity contribution in [2.45, 2.75) is 12.7 Å². The van der Waals surface area contributed by atoms with Crippen molar-refractivity contribution in [3.63, 3.8) is 0 Å². The largest absolute Gasteiger partial charge is 0.446 e. The van der Waals surface area contributed by atoms with Crippen LogP contribution in [0.5, 0.6) is 11.5 Å². The second-order valence-electron chi connectivity index (χ2n) is 4.65. The van der Waals surface area contributed by atoms with Gasteiger partial charge in [-0.1, -0.05) is 23.2 Å². The molecule has 0 aromatic heterocycles. The van der Waals surface area contributed by atoms with Crippen LogP contribution in [-0.2, 0) is 11.2 Å². The lowest BCUT2D eigenvalue weighted by Crippen LogP contribution is -2.39. The van der Waals surface area contributed by atoms with Crippen LogP contribution in [0.2, 0.25) is 10.0 Å². The minimum Gasteiger partial charge on any atom is -0.446 e. The Kier molecular flexibility index (Phi) is 3.66. The monoisotopic (exact) mass is 323 g/mol. The van der Waals surface area contributed by atoms with E-state index in [2.05, 4.69) is 0 Å². The smallest absolute Gasteiger partial charge is 0.321 e. The maximum absolute atomic E-state index is 11.5. The highest BCUT2D eigenvalue weighted by Crippen LogP contribution is 2.33. The summed E-state index contributed by atoms with van der Waals surface area (Å²) < 4.78 is 11.1. The molecule has 1 aliphatic rings. The molecule has 2 N–H and O–H groups in total. The van der Waals surface area contributed by atoms with E-state index >= 15 is 0 Å². The average molecular weight is 324 g/mol. The van der Waals surface area contributed by atoms with Crippen LogP contribution < -0.4 is 15.2 Å². The highest BCUT2D eigenvalue weighted by molar-refractivity contribution is 6.31. The summed E-state index contributed by atoms with van der Waals surface area (Å²) in [6, 6.07) is 10.3. The third kappa shape index (κ3) is 2.91. The number of ether oxygens (including phenoxy) is 2. The van der Waals surface area contributed by atoms with Crippen LogP contribution in [0.3, 0.4) is 0 Å². The fraction of sp³-hybridized carbons (Fsp3) is 0.133. The molecular formula is C15H11Cl2NO3. The predicted molar refractivity (Wildman–Crippen MR) is 79.9 cm³/mol. The third-order valence-electron chi connectivity index (χ3n) is 3.13. The molecule has 0 unspecified atom stereocenters. The van der Waals surface area contributed by atoms with Crippen molar-refractivity contribution >= 4 is 29.1 Å². The molecule has 108 valence electrons. The van der Waals surface area contributed by atoms with Crippen molar-refractivity contribution in [2.75, 3.05) is 0 Å². The quantitative estimate of drug-likeness (QED) is 0.876. The van der Waals surface area contributed by atoms with Crippen LogP contribution in [0, 0.1) is 0 Å². The summed E-state index contributed by atoms with van der Waals surface area (Å²) >= 11 is 12.0. The molecule has 0 spiro atoms. The van der Waals surface area contributed by atoms with Crippen LogP contribution in [0.25, 0.3) is 0 Å². The van der Waals surface area contributed by atoms with E-state index in [1.165, 1.54) is 0 Å². The first-order chi connectivity index (χ1) is 10.0. The molecule has 0 saturated carbocycles. The van der Waals surface area contributed by atoms with Gasteiger partial charge < -0.3 is 15.2 Å². The molecular weight excluding hydrogens is 313 g/mol. The molecule has 2 aromatic rings. The lowest BCUT2D eigenvalue weighted by atomic mass is 10.0. The summed E-state index contributed by atoms with van der Waals surface area (Å²) in [6.45, 7) is 0. The number of benzene rings is 2. The SMILES string of the molecule is NC(=O)C1Oc2ccc(Cl)cc2Cc2cc(Cl)ccc2O1. The van der Waals surface area contributed by atoms with Crippen molar-refractivity contribution in [3.05, 3.63) is 57.6 Å². The Labute approximate surface area is 131 Å². The van der Waals surface area contributed by atoms with Crippen LogP contribution >= 0.6 is 23.2 Å². The molecule has 21 heavy (non-hydrogen) atoms. The topological polar surface area (TPSA) is 61.6 Å². The molecule has 0 radical (unpaired) electrons. The Morgan fingerprint density at radius 1 is 1.00 bits per heavy atom. The van der Waals surface area contributed by atoms with Crippen LogP contribution in [0.4, 0.5) is 0 Å². The standard InChI is InChI=1S/C15H11Cl2NO3/c16-10-1-3-12-8(6-10)5-9-7-11(17)2-4-13(9)21-15(20-12)14(18)19/h1-4,6-7,15H,5H2,(H2,18,19). The van der Waals surface area contributed by atoms with Crippen molar-refractivity contribution in [3.8, 4) is 11.5 Å². The maximum atomic E-state index is 11.5. The van der Waals surface area contributed by atoms with Crippen LogP contribution in [0.15, 0.2) is 36.4 Å². The summed E-state index contributed by atoms with van der Waals surface area (Å²) in [5, 5.41) is 1.16. The number of carbonyl (C=O) groups excluding carboxylic acids is 1. The van der Waals surface area contributed by atoms with Crippen molar-refractivity contribution < 1.29 is 14.3 Å². The van der Waals surface area contributed by atoms with Crippen LogP contribution in [0.1, 0.15) is 11.1 Å². The molecule has 1 heterocycles. The summed E-state index contributed by atoms with van der Waals surface area (Å²) in [7, 11) is 0. The third-order valence-corrected chi connectivity index (χ3v) is 3.60. The summed E-state index contributed by atoms with van der Waals surface area (Å²) in [5.74, 6) is 0.307. The van der Waals surface area contributed by atoms with Gasteiger partial charge in [-0.25, -0.2) is 0 Å². The Hall–Kier alpha value is -1.91. The summed E-state index contributed by atoms with van der Waals surface area (Å²) in [5.41, 5.74) is 6.99. The number of hydrogen-bond acceptors (Lipinski definition) is 3. The minimum absolute atomic E-state index is 0.508. The predicted octanol–water partition coefficient (Wildman–Crippen LogP) is 3.17. The number of carbonyl (C=O) groups is 1. The zero-order valence-electron chi connectivity index (χ0n) is 10.8. The molecule has 3 rings (SSSR count). The number of primary amides is 1. The molecule has 0 aliphatic carbocycles. The number of hydrogen-bond donors (Lipinski definition) is 1. The number of fused-ring (bicyclic) bond motifs is 2. The Balaban J connectivity index is 2.13. The Bertz CT molecular complexity index is 665. The van der Waals surface area contributed by atoms with E-state index in [1.807, 2.05) is 0 Å². The van der Waals surface area contributed by atoms with Gasteiger partial charge in [0.15, 0.2) is 0 Å². The number of amides is 1. The van der Waals surface area contributed by atoms with Crippen LogP contribution in [-0.4, -0.2) is 12.2 Å². The van der Waals surface area contributed by atoms with Crippen molar-refractivity contribution in [1.82, 2.24) is 0 Å². The summed E-state index contributed by atoms with van der Waals surface area (Å²) in [6.07, 6.45) is -0.678. The fourth-order valence-corrected chi connectivity index (χ4v) is 2.57.